The van der Waals surface area contributed by atoms with Crippen molar-refractivity contribution in [1.29, 1.82) is 0 Å². The number of nitrogens with one attached hydrogen (secondary N) is 2. The Morgan fingerprint density at radius 2 is 2.21 bits per heavy atom. The van der Waals surface area contributed by atoms with Crippen molar-refractivity contribution in [2.75, 3.05) is 11.9 Å². The maximum absolute atomic E-state index is 11.2. The minimum atomic E-state index is -0.169. The lowest BCUT2D eigenvalue weighted by Gasteiger charge is -2.08. The summed E-state index contributed by atoms with van der Waals surface area (Å²) in [5.74, 6) is 0. The largest absolute Gasteiger partial charge is 0.338 e. The van der Waals surface area contributed by atoms with Crippen molar-refractivity contribution in [3.8, 4) is 0 Å². The van der Waals surface area contributed by atoms with Crippen LogP contribution >= 0.6 is 15.9 Å². The smallest absolute Gasteiger partial charge is 0.319 e. The maximum Gasteiger partial charge on any atom is 0.319 e. The summed E-state index contributed by atoms with van der Waals surface area (Å²) < 4.78 is 1.01. The number of hydrogen-bond donors (Lipinski definition) is 2. The van der Waals surface area contributed by atoms with Gasteiger partial charge in [0.15, 0.2) is 0 Å². The number of benzene rings is 1. The molecule has 0 aliphatic rings. The van der Waals surface area contributed by atoms with Gasteiger partial charge < -0.3 is 10.6 Å². The second-order valence-corrected chi connectivity index (χ2v) is 3.86. The van der Waals surface area contributed by atoms with Crippen LogP contribution in [0.2, 0.25) is 0 Å². The van der Waals surface area contributed by atoms with Crippen molar-refractivity contribution < 1.29 is 4.79 Å². The van der Waals surface area contributed by atoms with Gasteiger partial charge in [-0.25, -0.2) is 4.79 Å². The average molecular weight is 257 g/mol. The van der Waals surface area contributed by atoms with Crippen LogP contribution in [-0.2, 0) is 0 Å². The van der Waals surface area contributed by atoms with Crippen LogP contribution in [-0.4, -0.2) is 12.6 Å². The van der Waals surface area contributed by atoms with Crippen LogP contribution in [0.4, 0.5) is 10.5 Å². The summed E-state index contributed by atoms with van der Waals surface area (Å²) in [5.41, 5.74) is 1.87. The zero-order valence-corrected chi connectivity index (χ0v) is 9.81. The number of hydrogen-bond acceptors (Lipinski definition) is 1. The van der Waals surface area contributed by atoms with Gasteiger partial charge in [-0.05, 0) is 37.6 Å². The van der Waals surface area contributed by atoms with E-state index in [4.69, 9.17) is 0 Å². The highest BCUT2D eigenvalue weighted by Crippen LogP contribution is 2.19. The number of halogens is 1. The molecule has 1 aromatic carbocycles. The fourth-order valence-electron chi connectivity index (χ4n) is 1.09. The fraction of sp³-hybridized carbons (Fsp3) is 0.300. The minimum Gasteiger partial charge on any atom is -0.338 e. The monoisotopic (exact) mass is 256 g/mol. The Morgan fingerprint density at radius 3 is 2.79 bits per heavy atom. The highest BCUT2D eigenvalue weighted by molar-refractivity contribution is 9.10. The first-order valence-electron chi connectivity index (χ1n) is 4.44. The van der Waals surface area contributed by atoms with Crippen molar-refractivity contribution in [2.24, 2.45) is 0 Å². The molecule has 4 heteroatoms. The molecule has 0 aromatic heterocycles. The first-order valence-corrected chi connectivity index (χ1v) is 5.23. The van der Waals surface area contributed by atoms with Gasteiger partial charge in [0.2, 0.25) is 0 Å². The molecule has 0 unspecified atom stereocenters. The molecular weight excluding hydrogens is 244 g/mol. The van der Waals surface area contributed by atoms with Gasteiger partial charge in [0, 0.05) is 16.7 Å². The first kappa shape index (κ1) is 11.0. The van der Waals surface area contributed by atoms with Gasteiger partial charge in [-0.3, -0.25) is 0 Å². The van der Waals surface area contributed by atoms with E-state index in [9.17, 15) is 4.79 Å². The number of carbonyl (C=O) groups is 1. The lowest BCUT2D eigenvalue weighted by atomic mass is 10.2. The van der Waals surface area contributed by atoms with Crippen LogP contribution < -0.4 is 10.6 Å². The van der Waals surface area contributed by atoms with Gasteiger partial charge >= 0.3 is 6.03 Å². The van der Waals surface area contributed by atoms with Gasteiger partial charge in [0.25, 0.3) is 0 Å². The SMILES string of the molecule is CCNC(=O)Nc1ccc(Br)cc1C. The van der Waals surface area contributed by atoms with E-state index >= 15 is 0 Å². The molecule has 0 saturated heterocycles. The van der Waals surface area contributed by atoms with Crippen LogP contribution in [0, 0.1) is 6.92 Å². The molecule has 0 spiro atoms. The zero-order valence-electron chi connectivity index (χ0n) is 8.23. The molecule has 14 heavy (non-hydrogen) atoms. The zero-order chi connectivity index (χ0) is 10.6. The van der Waals surface area contributed by atoms with Crippen LogP contribution in [0.5, 0.6) is 0 Å². The van der Waals surface area contributed by atoms with Crippen LogP contribution in [0.3, 0.4) is 0 Å². The summed E-state index contributed by atoms with van der Waals surface area (Å²) in [4.78, 5) is 11.2. The number of urea groups is 1. The quantitative estimate of drug-likeness (QED) is 0.840. The molecular formula is C10H13BrN2O. The van der Waals surface area contributed by atoms with Crippen molar-refractivity contribution in [2.45, 2.75) is 13.8 Å². The minimum absolute atomic E-state index is 0.169. The molecule has 3 nitrogen and oxygen atoms in total. The Balaban J connectivity index is 2.72. The Hall–Kier alpha value is -1.03. The first-order chi connectivity index (χ1) is 6.63. The molecule has 0 aliphatic carbocycles. The Kier molecular flexibility index (Phi) is 3.95. The molecule has 0 bridgehead atoms. The van der Waals surface area contributed by atoms with Gasteiger partial charge in [0.05, 0.1) is 0 Å². The lowest BCUT2D eigenvalue weighted by Crippen LogP contribution is -2.28. The summed E-state index contributed by atoms with van der Waals surface area (Å²) >= 11 is 3.36. The molecule has 2 amide bonds. The third-order valence-corrected chi connectivity index (χ3v) is 2.27. The second-order valence-electron chi connectivity index (χ2n) is 2.94. The molecule has 0 fully saturated rings. The molecule has 0 aliphatic heterocycles. The molecule has 1 rings (SSSR count). The molecule has 76 valence electrons. The fourth-order valence-corrected chi connectivity index (χ4v) is 1.57. The van der Waals surface area contributed by atoms with E-state index < -0.39 is 0 Å². The van der Waals surface area contributed by atoms with E-state index in [1.165, 1.54) is 0 Å². The topological polar surface area (TPSA) is 41.1 Å². The van der Waals surface area contributed by atoms with E-state index in [1.807, 2.05) is 32.0 Å². The van der Waals surface area contributed by atoms with Gasteiger partial charge in [-0.2, -0.15) is 0 Å². The lowest BCUT2D eigenvalue weighted by molar-refractivity contribution is 0.252. The van der Waals surface area contributed by atoms with Gasteiger partial charge in [0.1, 0.15) is 0 Å². The Bertz CT molecular complexity index is 339. The third-order valence-electron chi connectivity index (χ3n) is 1.77. The van der Waals surface area contributed by atoms with Crippen molar-refractivity contribution in [3.63, 3.8) is 0 Å². The van der Waals surface area contributed by atoms with Crippen molar-refractivity contribution in [1.82, 2.24) is 5.32 Å². The average Bonchev–Trinajstić information content (AvgIpc) is 2.10. The molecule has 2 N–H and O–H groups in total. The van der Waals surface area contributed by atoms with E-state index in [0.29, 0.717) is 6.54 Å². The predicted octanol–water partition coefficient (Wildman–Crippen LogP) is 2.90. The molecule has 0 atom stereocenters. The molecule has 0 heterocycles. The number of amides is 2. The van der Waals surface area contributed by atoms with E-state index in [-0.39, 0.29) is 6.03 Å². The number of rotatable bonds is 2. The number of carbonyl (C=O) groups excluding carboxylic acids is 1. The van der Waals surface area contributed by atoms with Gasteiger partial charge in [-0.1, -0.05) is 15.9 Å². The normalized spacial score (nSPS) is 9.64. The predicted molar refractivity (Wildman–Crippen MR) is 61.6 cm³/mol. The molecule has 0 radical (unpaired) electrons. The summed E-state index contributed by atoms with van der Waals surface area (Å²) in [5, 5.41) is 5.44. The molecule has 0 saturated carbocycles. The standard InChI is InChI=1S/C10H13BrN2O/c1-3-12-10(14)13-9-5-4-8(11)6-7(9)2/h4-6H,3H2,1-2H3,(H2,12,13,14). The Morgan fingerprint density at radius 1 is 1.50 bits per heavy atom. The van der Waals surface area contributed by atoms with E-state index in [0.717, 1.165) is 15.7 Å². The van der Waals surface area contributed by atoms with Crippen LogP contribution in [0.25, 0.3) is 0 Å². The van der Waals surface area contributed by atoms with Gasteiger partial charge in [-0.15, -0.1) is 0 Å². The van der Waals surface area contributed by atoms with Crippen LogP contribution in [0.1, 0.15) is 12.5 Å². The number of aryl methyl sites for hydroxylation is 1. The van der Waals surface area contributed by atoms with Crippen molar-refractivity contribution in [3.05, 3.63) is 28.2 Å². The third kappa shape index (κ3) is 3.03. The van der Waals surface area contributed by atoms with E-state index in [2.05, 4.69) is 26.6 Å². The van der Waals surface area contributed by atoms with Crippen LogP contribution in [0.15, 0.2) is 22.7 Å². The second kappa shape index (κ2) is 5.00. The molecule has 1 aromatic rings. The summed E-state index contributed by atoms with van der Waals surface area (Å²) in [6.07, 6.45) is 0. The van der Waals surface area contributed by atoms with Crippen molar-refractivity contribution >= 4 is 27.6 Å². The highest BCUT2D eigenvalue weighted by atomic mass is 79.9. The van der Waals surface area contributed by atoms with E-state index in [1.54, 1.807) is 0 Å². The number of anilines is 1. The highest BCUT2D eigenvalue weighted by Gasteiger charge is 2.02. The summed E-state index contributed by atoms with van der Waals surface area (Å²) in [6.45, 7) is 4.46. The summed E-state index contributed by atoms with van der Waals surface area (Å²) in [7, 11) is 0. The maximum atomic E-state index is 11.2. The Labute approximate surface area is 92.0 Å². The summed E-state index contributed by atoms with van der Waals surface area (Å²) in [6, 6.07) is 5.56.